The number of hydrogen-bond donors (Lipinski definition) is 1. The van der Waals surface area contributed by atoms with Crippen LogP contribution in [-0.4, -0.2) is 53.0 Å². The van der Waals surface area contributed by atoms with Crippen LogP contribution >= 0.6 is 11.6 Å². The summed E-state index contributed by atoms with van der Waals surface area (Å²) in [5.74, 6) is 0.854. The van der Waals surface area contributed by atoms with Gasteiger partial charge >= 0.3 is 0 Å². The highest BCUT2D eigenvalue weighted by atomic mass is 35.5. The molecule has 2 aromatic carbocycles. The number of carbonyl (C=O) groups is 1. The molecule has 32 heavy (non-hydrogen) atoms. The van der Waals surface area contributed by atoms with Gasteiger partial charge in [0.05, 0.1) is 42.5 Å². The van der Waals surface area contributed by atoms with E-state index < -0.39 is 15.9 Å². The minimum absolute atomic E-state index is 0.0404. The van der Waals surface area contributed by atoms with Gasteiger partial charge in [0.1, 0.15) is 17.2 Å². The molecule has 1 heterocycles. The van der Waals surface area contributed by atoms with Gasteiger partial charge in [-0.15, -0.1) is 0 Å². The van der Waals surface area contributed by atoms with E-state index in [0.29, 0.717) is 41.2 Å². The number of halogens is 1. The van der Waals surface area contributed by atoms with E-state index in [1.54, 1.807) is 0 Å². The highest BCUT2D eigenvalue weighted by molar-refractivity contribution is 7.89. The van der Waals surface area contributed by atoms with Gasteiger partial charge in [-0.1, -0.05) is 18.5 Å². The number of piperidine rings is 1. The minimum atomic E-state index is -3.73. The first-order valence-corrected chi connectivity index (χ1v) is 11.9. The maximum atomic E-state index is 13.2. The monoisotopic (exact) mass is 482 g/mol. The molecule has 0 aromatic heterocycles. The van der Waals surface area contributed by atoms with Crippen molar-refractivity contribution in [1.29, 1.82) is 0 Å². The van der Waals surface area contributed by atoms with E-state index in [1.807, 2.05) is 0 Å². The third kappa shape index (κ3) is 4.95. The van der Waals surface area contributed by atoms with Crippen LogP contribution in [0.25, 0.3) is 0 Å². The lowest BCUT2D eigenvalue weighted by Gasteiger charge is -2.29. The molecule has 174 valence electrons. The molecular weight excluding hydrogens is 456 g/mol. The van der Waals surface area contributed by atoms with Crippen LogP contribution in [0, 0.1) is 5.92 Å². The van der Waals surface area contributed by atoms with Gasteiger partial charge in [0.25, 0.3) is 5.91 Å². The molecule has 1 aliphatic heterocycles. The molecule has 1 saturated heterocycles. The van der Waals surface area contributed by atoms with Crippen LogP contribution in [-0.2, 0) is 10.0 Å². The second-order valence-electron chi connectivity index (χ2n) is 7.59. The van der Waals surface area contributed by atoms with E-state index in [-0.39, 0.29) is 16.2 Å². The molecule has 0 unspecified atom stereocenters. The topological polar surface area (TPSA) is 94.2 Å². The van der Waals surface area contributed by atoms with Gasteiger partial charge in [0.15, 0.2) is 0 Å². The van der Waals surface area contributed by atoms with Crippen LogP contribution in [0.4, 0.5) is 5.69 Å². The van der Waals surface area contributed by atoms with E-state index >= 15 is 0 Å². The molecule has 1 amide bonds. The van der Waals surface area contributed by atoms with Gasteiger partial charge in [0, 0.05) is 25.2 Å². The summed E-state index contributed by atoms with van der Waals surface area (Å²) < 4.78 is 43.6. The number of nitrogens with zero attached hydrogens (tertiary/aromatic N) is 1. The second kappa shape index (κ2) is 9.97. The molecule has 0 spiro atoms. The van der Waals surface area contributed by atoms with E-state index in [1.165, 1.54) is 56.0 Å². The van der Waals surface area contributed by atoms with Gasteiger partial charge in [-0.3, -0.25) is 4.79 Å². The number of carbonyl (C=O) groups excluding carboxylic acids is 1. The smallest absolute Gasteiger partial charge is 0.259 e. The number of ether oxygens (including phenoxy) is 3. The molecule has 0 bridgehead atoms. The van der Waals surface area contributed by atoms with Crippen molar-refractivity contribution in [2.45, 2.75) is 24.7 Å². The van der Waals surface area contributed by atoms with Crippen LogP contribution in [0.3, 0.4) is 0 Å². The lowest BCUT2D eigenvalue weighted by Crippen LogP contribution is -2.37. The van der Waals surface area contributed by atoms with Crippen molar-refractivity contribution in [3.05, 3.63) is 40.9 Å². The summed E-state index contributed by atoms with van der Waals surface area (Å²) >= 11 is 6.13. The van der Waals surface area contributed by atoms with Gasteiger partial charge in [-0.05, 0) is 37.0 Å². The molecular formula is C22H27ClN2O6S. The van der Waals surface area contributed by atoms with E-state index in [2.05, 4.69) is 12.2 Å². The number of hydrogen-bond acceptors (Lipinski definition) is 6. The average Bonchev–Trinajstić information content (AvgIpc) is 2.79. The third-order valence-electron chi connectivity index (χ3n) is 5.52. The molecule has 10 heteroatoms. The zero-order valence-electron chi connectivity index (χ0n) is 18.5. The Morgan fingerprint density at radius 3 is 2.22 bits per heavy atom. The Bertz CT molecular complexity index is 1100. The minimum Gasteiger partial charge on any atom is -0.496 e. The summed E-state index contributed by atoms with van der Waals surface area (Å²) in [5, 5.41) is 3.05. The third-order valence-corrected chi connectivity index (χ3v) is 7.71. The number of nitrogens with one attached hydrogen (secondary N) is 1. The van der Waals surface area contributed by atoms with Crippen molar-refractivity contribution in [2.24, 2.45) is 5.92 Å². The normalized spacial score (nSPS) is 15.3. The van der Waals surface area contributed by atoms with Crippen molar-refractivity contribution in [1.82, 2.24) is 4.31 Å². The molecule has 0 atom stereocenters. The van der Waals surface area contributed by atoms with E-state index in [4.69, 9.17) is 25.8 Å². The zero-order valence-corrected chi connectivity index (χ0v) is 20.0. The van der Waals surface area contributed by atoms with Gasteiger partial charge in [-0.2, -0.15) is 4.31 Å². The molecule has 1 fully saturated rings. The molecule has 1 N–H and O–H groups in total. The van der Waals surface area contributed by atoms with Crippen molar-refractivity contribution in [2.75, 3.05) is 39.7 Å². The Balaban J connectivity index is 1.95. The Hall–Kier alpha value is -2.49. The molecule has 0 saturated carbocycles. The van der Waals surface area contributed by atoms with Crippen molar-refractivity contribution in [3.63, 3.8) is 0 Å². The number of anilines is 1. The summed E-state index contributed by atoms with van der Waals surface area (Å²) in [7, 11) is 0.584. The summed E-state index contributed by atoms with van der Waals surface area (Å²) in [6.07, 6.45) is 1.61. The fraction of sp³-hybridized carbons (Fsp3) is 0.409. The van der Waals surface area contributed by atoms with Gasteiger partial charge in [-0.25, -0.2) is 8.42 Å². The Labute approximate surface area is 193 Å². The fourth-order valence-corrected chi connectivity index (χ4v) is 5.27. The quantitative estimate of drug-likeness (QED) is 0.640. The predicted molar refractivity (Wildman–Crippen MR) is 123 cm³/mol. The lowest BCUT2D eigenvalue weighted by atomic mass is 10.0. The van der Waals surface area contributed by atoms with Crippen molar-refractivity contribution in [3.8, 4) is 17.2 Å². The maximum absolute atomic E-state index is 13.2. The SMILES string of the molecule is COc1cc(NC(=O)c2cc(S(=O)(=O)N3CCC(C)CC3)ccc2OC)c(OC)cc1Cl. The first-order chi connectivity index (χ1) is 15.2. The number of amides is 1. The Morgan fingerprint density at radius 1 is 1.00 bits per heavy atom. The second-order valence-corrected chi connectivity index (χ2v) is 9.93. The summed E-state index contributed by atoms with van der Waals surface area (Å²) in [6, 6.07) is 7.32. The largest absolute Gasteiger partial charge is 0.496 e. The zero-order chi connectivity index (χ0) is 23.5. The summed E-state index contributed by atoms with van der Waals surface area (Å²) in [4.78, 5) is 13.2. The molecule has 8 nitrogen and oxygen atoms in total. The highest BCUT2D eigenvalue weighted by Gasteiger charge is 2.29. The van der Waals surface area contributed by atoms with Crippen LogP contribution in [0.1, 0.15) is 30.1 Å². The first kappa shape index (κ1) is 24.2. The summed E-state index contributed by atoms with van der Waals surface area (Å²) in [5.41, 5.74) is 0.397. The molecule has 3 rings (SSSR count). The average molecular weight is 483 g/mol. The van der Waals surface area contributed by atoms with Crippen molar-refractivity contribution >= 4 is 33.2 Å². The maximum Gasteiger partial charge on any atom is 0.259 e. The van der Waals surface area contributed by atoms with E-state index in [0.717, 1.165) is 12.8 Å². The highest BCUT2D eigenvalue weighted by Crippen LogP contribution is 2.36. The molecule has 1 aliphatic rings. The Morgan fingerprint density at radius 2 is 1.62 bits per heavy atom. The van der Waals surface area contributed by atoms with Crippen LogP contribution < -0.4 is 19.5 Å². The molecule has 0 aliphatic carbocycles. The van der Waals surface area contributed by atoms with Crippen LogP contribution in [0.15, 0.2) is 35.2 Å². The van der Waals surface area contributed by atoms with Crippen LogP contribution in [0.5, 0.6) is 17.2 Å². The number of sulfonamides is 1. The predicted octanol–water partition coefficient (Wildman–Crippen LogP) is 4.04. The lowest BCUT2D eigenvalue weighted by molar-refractivity contribution is 0.102. The van der Waals surface area contributed by atoms with E-state index in [9.17, 15) is 13.2 Å². The standard InChI is InChI=1S/C22H27ClN2O6S/c1-14-7-9-25(10-8-14)32(27,28)15-5-6-19(29-2)16(11-15)22(26)24-18-13-20(30-3)17(23)12-21(18)31-4/h5-6,11-14H,7-10H2,1-4H3,(H,24,26). The molecule has 0 radical (unpaired) electrons. The van der Waals surface area contributed by atoms with Crippen LogP contribution in [0.2, 0.25) is 5.02 Å². The van der Waals surface area contributed by atoms with Gasteiger partial charge in [0.2, 0.25) is 10.0 Å². The molecule has 2 aromatic rings. The number of rotatable bonds is 7. The van der Waals surface area contributed by atoms with Gasteiger partial charge < -0.3 is 19.5 Å². The number of benzene rings is 2. The van der Waals surface area contributed by atoms with Crippen molar-refractivity contribution < 1.29 is 27.4 Å². The number of methoxy groups -OCH3 is 3. The first-order valence-electron chi connectivity index (χ1n) is 10.1. The summed E-state index contributed by atoms with van der Waals surface area (Å²) in [6.45, 7) is 3.03. The fourth-order valence-electron chi connectivity index (χ4n) is 3.55. The Kier molecular flexibility index (Phi) is 7.53.